The molecule has 5 heteroatoms. The average Bonchev–Trinajstić information content (AvgIpc) is 3.17. The van der Waals surface area contributed by atoms with Crippen molar-refractivity contribution in [2.75, 3.05) is 26.2 Å². The highest BCUT2D eigenvalue weighted by molar-refractivity contribution is 5.79. The number of nitrogens with zero attached hydrogens (tertiary/aromatic N) is 1. The molecule has 0 spiro atoms. The molecule has 0 radical (unpaired) electrons. The van der Waals surface area contributed by atoms with Gasteiger partial charge in [0.2, 0.25) is 11.8 Å². The lowest BCUT2D eigenvalue weighted by molar-refractivity contribution is -0.126. The fraction of sp³-hybridized carbons (Fsp3) is 0.619. The van der Waals surface area contributed by atoms with E-state index in [4.69, 9.17) is 5.73 Å². The third-order valence-electron chi connectivity index (χ3n) is 6.03. The van der Waals surface area contributed by atoms with Crippen LogP contribution in [0.1, 0.15) is 50.0 Å². The number of hydrogen-bond donors (Lipinski definition) is 2. The summed E-state index contributed by atoms with van der Waals surface area (Å²) < 4.78 is 0. The summed E-state index contributed by atoms with van der Waals surface area (Å²) in [5.74, 6) is 1.02. The number of primary amides is 1. The molecule has 2 amide bonds. The van der Waals surface area contributed by atoms with Crippen LogP contribution < -0.4 is 11.1 Å². The molecule has 1 atom stereocenters. The average molecular weight is 357 g/mol. The minimum Gasteiger partial charge on any atom is -0.369 e. The molecule has 1 heterocycles. The Balaban J connectivity index is 1.52. The lowest BCUT2D eigenvalue weighted by Crippen LogP contribution is -2.44. The molecular formula is C21H31N3O2. The van der Waals surface area contributed by atoms with E-state index < -0.39 is 0 Å². The van der Waals surface area contributed by atoms with Crippen molar-refractivity contribution in [3.63, 3.8) is 0 Å². The smallest absolute Gasteiger partial charge is 0.231 e. The number of carbonyl (C=O) groups excluding carboxylic acids is 2. The number of nitrogens with two attached hydrogens (primary N) is 1. The van der Waals surface area contributed by atoms with E-state index in [0.717, 1.165) is 32.5 Å². The van der Waals surface area contributed by atoms with E-state index in [1.54, 1.807) is 0 Å². The van der Waals surface area contributed by atoms with Gasteiger partial charge in [-0.1, -0.05) is 43.2 Å². The van der Waals surface area contributed by atoms with Gasteiger partial charge in [0.15, 0.2) is 0 Å². The zero-order chi connectivity index (χ0) is 18.4. The van der Waals surface area contributed by atoms with Gasteiger partial charge in [-0.2, -0.15) is 0 Å². The number of piperidine rings is 1. The van der Waals surface area contributed by atoms with Crippen LogP contribution in [0.3, 0.4) is 0 Å². The monoisotopic (exact) mass is 357 g/mol. The molecular weight excluding hydrogens is 326 g/mol. The van der Waals surface area contributed by atoms with Crippen molar-refractivity contribution in [3.8, 4) is 0 Å². The second kappa shape index (κ2) is 9.17. The highest BCUT2D eigenvalue weighted by atomic mass is 16.2. The van der Waals surface area contributed by atoms with Gasteiger partial charge in [0, 0.05) is 18.4 Å². The van der Waals surface area contributed by atoms with Crippen LogP contribution in [0.25, 0.3) is 0 Å². The Morgan fingerprint density at radius 2 is 1.73 bits per heavy atom. The molecule has 2 aliphatic rings. The van der Waals surface area contributed by atoms with E-state index in [2.05, 4.69) is 29.6 Å². The van der Waals surface area contributed by atoms with Gasteiger partial charge in [0.25, 0.3) is 0 Å². The first-order valence-corrected chi connectivity index (χ1v) is 9.97. The Morgan fingerprint density at radius 1 is 1.08 bits per heavy atom. The van der Waals surface area contributed by atoms with Crippen molar-refractivity contribution in [3.05, 3.63) is 35.9 Å². The zero-order valence-electron chi connectivity index (χ0n) is 15.5. The Kier molecular flexibility index (Phi) is 6.67. The SMILES string of the molecule is NC(=O)CN1CCC(C(=O)NC[C@H](c2ccccc2)C2CCCC2)CC1. The predicted molar refractivity (Wildman–Crippen MR) is 103 cm³/mol. The van der Waals surface area contributed by atoms with Gasteiger partial charge in [0.1, 0.15) is 0 Å². The molecule has 1 saturated carbocycles. The molecule has 0 bridgehead atoms. The number of carbonyl (C=O) groups is 2. The molecule has 26 heavy (non-hydrogen) atoms. The third-order valence-corrected chi connectivity index (χ3v) is 6.03. The van der Waals surface area contributed by atoms with Crippen LogP contribution in [0.15, 0.2) is 30.3 Å². The Bertz CT molecular complexity index is 591. The highest BCUT2D eigenvalue weighted by Crippen LogP contribution is 2.37. The number of likely N-dealkylation sites (tertiary alicyclic amines) is 1. The van der Waals surface area contributed by atoms with Gasteiger partial charge < -0.3 is 11.1 Å². The molecule has 1 aromatic rings. The molecule has 1 aliphatic heterocycles. The first-order chi connectivity index (χ1) is 12.6. The topological polar surface area (TPSA) is 75.4 Å². The van der Waals surface area contributed by atoms with Crippen LogP contribution >= 0.6 is 0 Å². The first-order valence-electron chi connectivity index (χ1n) is 9.97. The maximum absolute atomic E-state index is 12.7. The van der Waals surface area contributed by atoms with Crippen LogP contribution in [0.5, 0.6) is 0 Å². The molecule has 142 valence electrons. The van der Waals surface area contributed by atoms with Gasteiger partial charge in [-0.25, -0.2) is 0 Å². The van der Waals surface area contributed by atoms with Crippen molar-refractivity contribution in [2.24, 2.45) is 17.6 Å². The molecule has 0 unspecified atom stereocenters. The number of amides is 2. The molecule has 1 aromatic carbocycles. The normalized spacial score (nSPS) is 20.8. The second-order valence-corrected chi connectivity index (χ2v) is 7.82. The van der Waals surface area contributed by atoms with Crippen molar-refractivity contribution >= 4 is 11.8 Å². The zero-order valence-corrected chi connectivity index (χ0v) is 15.5. The van der Waals surface area contributed by atoms with E-state index in [9.17, 15) is 9.59 Å². The summed E-state index contributed by atoms with van der Waals surface area (Å²) in [6, 6.07) is 10.6. The molecule has 3 rings (SSSR count). The lowest BCUT2D eigenvalue weighted by atomic mass is 9.84. The fourth-order valence-corrected chi connectivity index (χ4v) is 4.55. The number of hydrogen-bond acceptors (Lipinski definition) is 3. The second-order valence-electron chi connectivity index (χ2n) is 7.82. The van der Waals surface area contributed by atoms with Gasteiger partial charge in [0.05, 0.1) is 6.54 Å². The highest BCUT2D eigenvalue weighted by Gasteiger charge is 2.29. The van der Waals surface area contributed by atoms with Crippen molar-refractivity contribution in [2.45, 2.75) is 44.4 Å². The summed E-state index contributed by atoms with van der Waals surface area (Å²) in [6.45, 7) is 2.57. The van der Waals surface area contributed by atoms with E-state index in [0.29, 0.717) is 18.4 Å². The van der Waals surface area contributed by atoms with Gasteiger partial charge in [-0.15, -0.1) is 0 Å². The maximum Gasteiger partial charge on any atom is 0.231 e. The van der Waals surface area contributed by atoms with Crippen molar-refractivity contribution in [1.29, 1.82) is 0 Å². The molecule has 3 N–H and O–H groups in total. The largest absolute Gasteiger partial charge is 0.369 e. The lowest BCUT2D eigenvalue weighted by Gasteiger charge is -2.31. The quantitative estimate of drug-likeness (QED) is 0.786. The van der Waals surface area contributed by atoms with Crippen LogP contribution in [-0.4, -0.2) is 42.9 Å². The van der Waals surface area contributed by atoms with Gasteiger partial charge in [-0.05, 0) is 50.3 Å². The Labute approximate surface area is 156 Å². The number of nitrogens with one attached hydrogen (secondary N) is 1. The van der Waals surface area contributed by atoms with E-state index >= 15 is 0 Å². The van der Waals surface area contributed by atoms with E-state index in [1.807, 2.05) is 11.0 Å². The van der Waals surface area contributed by atoms with Gasteiger partial charge >= 0.3 is 0 Å². The van der Waals surface area contributed by atoms with Crippen molar-refractivity contribution in [1.82, 2.24) is 10.2 Å². The third kappa shape index (κ3) is 5.07. The Hall–Kier alpha value is -1.88. The number of rotatable bonds is 7. The van der Waals surface area contributed by atoms with Gasteiger partial charge in [-0.3, -0.25) is 14.5 Å². The van der Waals surface area contributed by atoms with Crippen LogP contribution in [0.4, 0.5) is 0 Å². The number of benzene rings is 1. The first kappa shape index (κ1) is 18.9. The summed E-state index contributed by atoms with van der Waals surface area (Å²) in [5, 5.41) is 3.23. The summed E-state index contributed by atoms with van der Waals surface area (Å²) in [4.78, 5) is 25.7. The molecule has 5 nitrogen and oxygen atoms in total. The fourth-order valence-electron chi connectivity index (χ4n) is 4.55. The minimum absolute atomic E-state index is 0.0547. The summed E-state index contributed by atoms with van der Waals surface area (Å²) in [5.41, 5.74) is 6.60. The standard InChI is InChI=1S/C21H31N3O2/c22-20(25)15-24-12-10-18(11-13-24)21(26)23-14-19(17-8-4-5-9-17)16-6-2-1-3-7-16/h1-3,6-7,17-19H,4-5,8-15H2,(H2,22,25)(H,23,26)/t19-/m1/s1. The van der Waals surface area contributed by atoms with E-state index in [1.165, 1.54) is 31.2 Å². The molecule has 1 saturated heterocycles. The summed E-state index contributed by atoms with van der Waals surface area (Å²) in [7, 11) is 0. The van der Waals surface area contributed by atoms with Crippen LogP contribution in [0.2, 0.25) is 0 Å². The maximum atomic E-state index is 12.7. The minimum atomic E-state index is -0.296. The molecule has 1 aliphatic carbocycles. The predicted octanol–water partition coefficient (Wildman–Crippen LogP) is 2.27. The molecule has 2 fully saturated rings. The van der Waals surface area contributed by atoms with E-state index in [-0.39, 0.29) is 17.7 Å². The van der Waals surface area contributed by atoms with Crippen molar-refractivity contribution < 1.29 is 9.59 Å². The molecule has 0 aromatic heterocycles. The Morgan fingerprint density at radius 3 is 2.35 bits per heavy atom. The van der Waals surface area contributed by atoms with Crippen LogP contribution in [0, 0.1) is 11.8 Å². The van der Waals surface area contributed by atoms with Crippen LogP contribution in [-0.2, 0) is 9.59 Å². The summed E-state index contributed by atoms with van der Waals surface area (Å²) in [6.07, 6.45) is 6.75. The summed E-state index contributed by atoms with van der Waals surface area (Å²) >= 11 is 0.